The van der Waals surface area contributed by atoms with Crippen molar-refractivity contribution < 1.29 is 27.5 Å². The van der Waals surface area contributed by atoms with Gasteiger partial charge in [-0.3, -0.25) is 4.79 Å². The van der Waals surface area contributed by atoms with Crippen molar-refractivity contribution in [3.8, 4) is 0 Å². The summed E-state index contributed by atoms with van der Waals surface area (Å²) in [5.74, 6) is -4.35. The van der Waals surface area contributed by atoms with Crippen LogP contribution in [0.4, 0.5) is 18.9 Å². The van der Waals surface area contributed by atoms with Crippen molar-refractivity contribution in [3.05, 3.63) is 63.9 Å². The van der Waals surface area contributed by atoms with Crippen LogP contribution in [0.15, 0.2) is 40.9 Å². The van der Waals surface area contributed by atoms with E-state index < -0.39 is 41.1 Å². The highest BCUT2D eigenvalue weighted by Crippen LogP contribution is 2.18. The Labute approximate surface area is 143 Å². The second-order valence-corrected chi connectivity index (χ2v) is 5.70. The average Bonchev–Trinajstić information content (AvgIpc) is 2.50. The van der Waals surface area contributed by atoms with Gasteiger partial charge in [-0.15, -0.1) is 0 Å². The largest absolute Gasteiger partial charge is 0.449 e. The topological polar surface area (TPSA) is 55.4 Å². The van der Waals surface area contributed by atoms with E-state index in [1.54, 1.807) is 0 Å². The maximum absolute atomic E-state index is 13.7. The van der Waals surface area contributed by atoms with Gasteiger partial charge in [0, 0.05) is 10.5 Å². The lowest BCUT2D eigenvalue weighted by molar-refractivity contribution is -0.123. The molecule has 1 atom stereocenters. The lowest BCUT2D eigenvalue weighted by Crippen LogP contribution is -2.30. The van der Waals surface area contributed by atoms with Gasteiger partial charge in [0.25, 0.3) is 5.91 Å². The van der Waals surface area contributed by atoms with Crippen LogP contribution >= 0.6 is 15.9 Å². The van der Waals surface area contributed by atoms with Crippen molar-refractivity contribution in [2.75, 3.05) is 5.32 Å². The Morgan fingerprint density at radius 2 is 1.79 bits per heavy atom. The van der Waals surface area contributed by atoms with Crippen LogP contribution in [0.5, 0.6) is 0 Å². The molecule has 2 aromatic carbocycles. The number of hydrogen-bond donors (Lipinski definition) is 1. The van der Waals surface area contributed by atoms with Crippen LogP contribution in [0, 0.1) is 17.5 Å². The molecule has 0 aliphatic heterocycles. The van der Waals surface area contributed by atoms with Gasteiger partial charge in [0.05, 0.1) is 11.3 Å². The fourth-order valence-electron chi connectivity index (χ4n) is 1.76. The normalized spacial score (nSPS) is 11.7. The number of hydrogen-bond acceptors (Lipinski definition) is 3. The van der Waals surface area contributed by atoms with Crippen molar-refractivity contribution >= 4 is 33.5 Å². The van der Waals surface area contributed by atoms with Gasteiger partial charge in [-0.05, 0) is 37.3 Å². The summed E-state index contributed by atoms with van der Waals surface area (Å²) >= 11 is 3.05. The van der Waals surface area contributed by atoms with E-state index in [0.717, 1.165) is 24.3 Å². The molecule has 0 radical (unpaired) electrons. The molecule has 0 saturated carbocycles. The Bertz CT molecular complexity index is 798. The minimum atomic E-state index is -1.34. The predicted octanol–water partition coefficient (Wildman–Crippen LogP) is 4.05. The maximum Gasteiger partial charge on any atom is 0.341 e. The van der Waals surface area contributed by atoms with Gasteiger partial charge in [-0.2, -0.15) is 0 Å². The monoisotopic (exact) mass is 401 g/mol. The number of halogens is 4. The molecule has 0 aromatic heterocycles. The third kappa shape index (κ3) is 4.35. The number of benzene rings is 2. The molecule has 4 nitrogen and oxygen atoms in total. The molecule has 0 bridgehead atoms. The first kappa shape index (κ1) is 18.0. The van der Waals surface area contributed by atoms with Gasteiger partial charge < -0.3 is 10.1 Å². The first-order valence-electron chi connectivity index (χ1n) is 6.70. The highest BCUT2D eigenvalue weighted by Gasteiger charge is 2.22. The average molecular weight is 402 g/mol. The lowest BCUT2D eigenvalue weighted by atomic mass is 10.2. The molecule has 1 amide bonds. The summed E-state index contributed by atoms with van der Waals surface area (Å²) in [6, 6.07) is 6.23. The van der Waals surface area contributed by atoms with Crippen LogP contribution in [0.25, 0.3) is 0 Å². The molecule has 126 valence electrons. The molecule has 1 N–H and O–H groups in total. The highest BCUT2D eigenvalue weighted by atomic mass is 79.9. The summed E-state index contributed by atoms with van der Waals surface area (Å²) in [4.78, 5) is 23.8. The Kier molecular flexibility index (Phi) is 5.61. The van der Waals surface area contributed by atoms with Crippen LogP contribution in [0.1, 0.15) is 17.3 Å². The van der Waals surface area contributed by atoms with E-state index in [0.29, 0.717) is 4.47 Å². The van der Waals surface area contributed by atoms with Crippen LogP contribution in [0.3, 0.4) is 0 Å². The number of carbonyl (C=O) groups is 2. The molecule has 0 fully saturated rings. The van der Waals surface area contributed by atoms with Crippen molar-refractivity contribution in [1.82, 2.24) is 0 Å². The van der Waals surface area contributed by atoms with Crippen molar-refractivity contribution in [2.45, 2.75) is 13.0 Å². The third-order valence-electron chi connectivity index (χ3n) is 2.99. The zero-order valence-corrected chi connectivity index (χ0v) is 13.9. The van der Waals surface area contributed by atoms with E-state index in [-0.39, 0.29) is 5.56 Å². The smallest absolute Gasteiger partial charge is 0.341 e. The van der Waals surface area contributed by atoms with E-state index in [4.69, 9.17) is 4.74 Å². The predicted molar refractivity (Wildman–Crippen MR) is 84.0 cm³/mol. The summed E-state index contributed by atoms with van der Waals surface area (Å²) < 4.78 is 45.5. The van der Waals surface area contributed by atoms with Crippen LogP contribution < -0.4 is 5.32 Å². The molecule has 24 heavy (non-hydrogen) atoms. The van der Waals surface area contributed by atoms with Gasteiger partial charge in [0.2, 0.25) is 0 Å². The highest BCUT2D eigenvalue weighted by molar-refractivity contribution is 9.10. The number of carbonyl (C=O) groups excluding carboxylic acids is 2. The quantitative estimate of drug-likeness (QED) is 0.786. The number of ether oxygens (including phenoxy) is 1. The van der Waals surface area contributed by atoms with E-state index in [9.17, 15) is 22.8 Å². The molecule has 0 aliphatic carbocycles. The van der Waals surface area contributed by atoms with Crippen LogP contribution in [0.2, 0.25) is 0 Å². The SMILES string of the molecule is CC(OC(=O)c1ccc(Br)cc1F)C(=O)Nc1cc(F)ccc1F. The fourth-order valence-corrected chi connectivity index (χ4v) is 2.09. The summed E-state index contributed by atoms with van der Waals surface area (Å²) in [6.45, 7) is 1.22. The molecule has 2 rings (SSSR count). The van der Waals surface area contributed by atoms with Gasteiger partial charge in [-0.1, -0.05) is 15.9 Å². The number of anilines is 1. The van der Waals surface area contributed by atoms with Crippen LogP contribution in [-0.2, 0) is 9.53 Å². The van der Waals surface area contributed by atoms with Gasteiger partial charge in [-0.25, -0.2) is 18.0 Å². The molecule has 1 unspecified atom stereocenters. The summed E-state index contributed by atoms with van der Waals surface area (Å²) in [5.41, 5.74) is -0.743. The van der Waals surface area contributed by atoms with Gasteiger partial charge in [0.1, 0.15) is 17.5 Å². The number of amides is 1. The van der Waals surface area contributed by atoms with Gasteiger partial charge >= 0.3 is 5.97 Å². The van der Waals surface area contributed by atoms with E-state index in [1.807, 2.05) is 0 Å². The molecule has 2 aromatic rings. The first-order chi connectivity index (χ1) is 11.3. The summed E-state index contributed by atoms with van der Waals surface area (Å²) in [5, 5.41) is 2.10. The molecule has 0 heterocycles. The standard InChI is InChI=1S/C16H11BrF3NO3/c1-8(15(22)21-14-7-10(18)3-5-12(14)19)24-16(23)11-4-2-9(17)6-13(11)20/h2-8H,1H3,(H,21,22). The first-order valence-corrected chi connectivity index (χ1v) is 7.49. The molecule has 0 aliphatic rings. The summed E-state index contributed by atoms with van der Waals surface area (Å²) in [7, 11) is 0. The Balaban J connectivity index is 2.05. The van der Waals surface area contributed by atoms with E-state index >= 15 is 0 Å². The molecular weight excluding hydrogens is 391 g/mol. The minimum Gasteiger partial charge on any atom is -0.449 e. The number of rotatable bonds is 4. The Hall–Kier alpha value is -2.35. The second kappa shape index (κ2) is 7.48. The molecule has 0 saturated heterocycles. The summed E-state index contributed by atoms with van der Waals surface area (Å²) in [6.07, 6.45) is -1.34. The fraction of sp³-hybridized carbons (Fsp3) is 0.125. The molecule has 0 spiro atoms. The minimum absolute atomic E-state index is 0.352. The molecular formula is C16H11BrF3NO3. The van der Waals surface area contributed by atoms with E-state index in [1.165, 1.54) is 19.1 Å². The zero-order chi connectivity index (χ0) is 17.9. The van der Waals surface area contributed by atoms with Crippen LogP contribution in [-0.4, -0.2) is 18.0 Å². The van der Waals surface area contributed by atoms with Crippen molar-refractivity contribution in [2.24, 2.45) is 0 Å². The van der Waals surface area contributed by atoms with Crippen molar-refractivity contribution in [1.29, 1.82) is 0 Å². The molecule has 8 heteroatoms. The maximum atomic E-state index is 13.7. The zero-order valence-electron chi connectivity index (χ0n) is 12.3. The second-order valence-electron chi connectivity index (χ2n) is 4.79. The van der Waals surface area contributed by atoms with Crippen molar-refractivity contribution in [3.63, 3.8) is 0 Å². The number of nitrogens with one attached hydrogen (secondary N) is 1. The Morgan fingerprint density at radius 1 is 1.08 bits per heavy atom. The lowest BCUT2D eigenvalue weighted by Gasteiger charge is -2.14. The Morgan fingerprint density at radius 3 is 2.46 bits per heavy atom. The third-order valence-corrected chi connectivity index (χ3v) is 3.48. The van der Waals surface area contributed by atoms with E-state index in [2.05, 4.69) is 21.2 Å². The number of esters is 1. The van der Waals surface area contributed by atoms with Gasteiger partial charge in [0.15, 0.2) is 6.10 Å².